The minimum absolute atomic E-state index is 0.202. The second kappa shape index (κ2) is 9.10. The molecule has 1 aliphatic rings. The Morgan fingerprint density at radius 3 is 2.41 bits per heavy atom. The monoisotopic (exact) mass is 542 g/mol. The molecule has 0 aromatic heterocycles. The summed E-state index contributed by atoms with van der Waals surface area (Å²) in [7, 11) is 1.53. The second-order valence-electron chi connectivity index (χ2n) is 5.84. The summed E-state index contributed by atoms with van der Waals surface area (Å²) in [4.78, 5) is 38.0. The maximum atomic E-state index is 12.9. The van der Waals surface area contributed by atoms with E-state index in [1.165, 1.54) is 31.4 Å². The molecule has 150 valence electrons. The molecule has 0 aliphatic carbocycles. The first kappa shape index (κ1) is 21.5. The van der Waals surface area contributed by atoms with E-state index in [9.17, 15) is 18.8 Å². The Morgan fingerprint density at radius 1 is 1.21 bits per heavy atom. The lowest BCUT2D eigenvalue weighted by atomic mass is 10.2. The number of halogens is 3. The van der Waals surface area contributed by atoms with Crippen LogP contribution in [-0.4, -0.2) is 35.6 Å². The third-order valence-electron chi connectivity index (χ3n) is 3.83. The number of imide groups is 1. The van der Waals surface area contributed by atoms with Crippen molar-refractivity contribution < 1.29 is 23.5 Å². The summed E-state index contributed by atoms with van der Waals surface area (Å²) in [5.41, 5.74) is 1.04. The molecule has 0 saturated carbocycles. The van der Waals surface area contributed by atoms with Crippen molar-refractivity contribution in [2.75, 3.05) is 19.0 Å². The van der Waals surface area contributed by atoms with Crippen molar-refractivity contribution in [3.63, 3.8) is 0 Å². The van der Waals surface area contributed by atoms with E-state index in [1.54, 1.807) is 18.2 Å². The largest absolute Gasteiger partial charge is 0.494 e. The van der Waals surface area contributed by atoms with E-state index in [0.717, 1.165) is 16.7 Å². The number of carbonyl (C=O) groups excluding carboxylic acids is 3. The summed E-state index contributed by atoms with van der Waals surface area (Å²) in [6.07, 6.45) is 1.57. The van der Waals surface area contributed by atoms with Gasteiger partial charge in [-0.15, -0.1) is 0 Å². The highest BCUT2D eigenvalue weighted by Crippen LogP contribution is 2.37. The minimum Gasteiger partial charge on any atom is -0.494 e. The Labute approximate surface area is 186 Å². The van der Waals surface area contributed by atoms with Crippen molar-refractivity contribution in [3.8, 4) is 5.75 Å². The maximum Gasteiger partial charge on any atom is 0.294 e. The first-order valence-electron chi connectivity index (χ1n) is 8.12. The van der Waals surface area contributed by atoms with E-state index in [1.807, 2.05) is 0 Å². The molecule has 1 heterocycles. The number of thioether (sulfide) groups is 1. The Kier molecular flexibility index (Phi) is 6.76. The fourth-order valence-electron chi connectivity index (χ4n) is 2.52. The molecular formula is C19H13Br2FN2O4S. The van der Waals surface area contributed by atoms with E-state index in [0.29, 0.717) is 25.9 Å². The van der Waals surface area contributed by atoms with E-state index in [2.05, 4.69) is 37.2 Å². The van der Waals surface area contributed by atoms with Gasteiger partial charge in [-0.05, 0) is 91.7 Å². The molecule has 1 N–H and O–H groups in total. The van der Waals surface area contributed by atoms with Crippen LogP contribution in [0, 0.1) is 5.82 Å². The number of amides is 3. The van der Waals surface area contributed by atoms with E-state index < -0.39 is 29.4 Å². The highest BCUT2D eigenvalue weighted by atomic mass is 79.9. The van der Waals surface area contributed by atoms with Gasteiger partial charge >= 0.3 is 0 Å². The van der Waals surface area contributed by atoms with Gasteiger partial charge in [-0.25, -0.2) is 4.39 Å². The van der Waals surface area contributed by atoms with Crippen LogP contribution >= 0.6 is 43.6 Å². The third-order valence-corrected chi connectivity index (χ3v) is 5.91. The van der Waals surface area contributed by atoms with Gasteiger partial charge in [0.1, 0.15) is 18.1 Å². The van der Waals surface area contributed by atoms with Crippen LogP contribution in [0.15, 0.2) is 50.2 Å². The maximum absolute atomic E-state index is 12.9. The summed E-state index contributed by atoms with van der Waals surface area (Å²) >= 11 is 7.53. The van der Waals surface area contributed by atoms with Crippen LogP contribution in [0.25, 0.3) is 6.08 Å². The standard InChI is InChI=1S/C19H13Br2FN2O4S/c1-28-17-13(20)6-10(7-14(17)21)8-15-18(26)24(19(27)29-15)9-16(25)23-12-4-2-11(22)3-5-12/h2-8H,9H2,1H3,(H,23,25)/b15-8-. The van der Waals surface area contributed by atoms with Crippen LogP contribution < -0.4 is 10.1 Å². The summed E-state index contributed by atoms with van der Waals surface area (Å²) in [6.45, 7) is -0.435. The lowest BCUT2D eigenvalue weighted by molar-refractivity contribution is -0.127. The molecule has 0 unspecified atom stereocenters. The molecular weight excluding hydrogens is 531 g/mol. The molecule has 0 radical (unpaired) electrons. The van der Waals surface area contributed by atoms with Crippen molar-refractivity contribution >= 4 is 72.4 Å². The normalized spacial score (nSPS) is 15.2. The van der Waals surface area contributed by atoms with Crippen molar-refractivity contribution in [2.24, 2.45) is 0 Å². The molecule has 2 aromatic carbocycles. The first-order valence-corrected chi connectivity index (χ1v) is 10.5. The number of benzene rings is 2. The zero-order chi connectivity index (χ0) is 21.1. The van der Waals surface area contributed by atoms with Crippen molar-refractivity contribution in [2.45, 2.75) is 0 Å². The fourth-order valence-corrected chi connectivity index (χ4v) is 4.91. The number of nitrogens with one attached hydrogen (secondary N) is 1. The van der Waals surface area contributed by atoms with Gasteiger partial charge in [0.25, 0.3) is 11.1 Å². The van der Waals surface area contributed by atoms with Crippen molar-refractivity contribution in [1.82, 2.24) is 4.90 Å². The molecule has 6 nitrogen and oxygen atoms in total. The Morgan fingerprint density at radius 2 is 1.83 bits per heavy atom. The first-order chi connectivity index (χ1) is 13.8. The highest BCUT2D eigenvalue weighted by molar-refractivity contribution is 9.11. The zero-order valence-corrected chi connectivity index (χ0v) is 18.9. The van der Waals surface area contributed by atoms with E-state index in [-0.39, 0.29) is 4.91 Å². The number of anilines is 1. The van der Waals surface area contributed by atoms with Crippen LogP contribution in [-0.2, 0) is 9.59 Å². The van der Waals surface area contributed by atoms with Gasteiger partial charge in [-0.3, -0.25) is 19.3 Å². The molecule has 0 spiro atoms. The minimum atomic E-state index is -0.560. The molecule has 0 bridgehead atoms. The predicted octanol–water partition coefficient (Wildman–Crippen LogP) is 5.03. The number of nitrogens with zero attached hydrogens (tertiary/aromatic N) is 1. The number of hydrogen-bond acceptors (Lipinski definition) is 5. The number of rotatable bonds is 5. The van der Waals surface area contributed by atoms with E-state index in [4.69, 9.17) is 4.74 Å². The molecule has 0 atom stereocenters. The van der Waals surface area contributed by atoms with Crippen molar-refractivity contribution in [1.29, 1.82) is 0 Å². The predicted molar refractivity (Wildman–Crippen MR) is 116 cm³/mol. The molecule has 1 aliphatic heterocycles. The lowest BCUT2D eigenvalue weighted by Gasteiger charge is -2.12. The van der Waals surface area contributed by atoms with Gasteiger partial charge in [0, 0.05) is 5.69 Å². The molecule has 1 saturated heterocycles. The molecule has 29 heavy (non-hydrogen) atoms. The summed E-state index contributed by atoms with van der Waals surface area (Å²) in [5, 5.41) is 1.98. The lowest BCUT2D eigenvalue weighted by Crippen LogP contribution is -2.36. The van der Waals surface area contributed by atoms with Gasteiger partial charge < -0.3 is 10.1 Å². The molecule has 3 rings (SSSR count). The smallest absolute Gasteiger partial charge is 0.294 e. The van der Waals surface area contributed by atoms with Gasteiger partial charge in [0.2, 0.25) is 5.91 Å². The topological polar surface area (TPSA) is 75.7 Å². The van der Waals surface area contributed by atoms with Gasteiger partial charge in [-0.1, -0.05) is 0 Å². The number of carbonyl (C=O) groups is 3. The molecule has 2 aromatic rings. The van der Waals surface area contributed by atoms with Crippen LogP contribution in [0.2, 0.25) is 0 Å². The Bertz CT molecular complexity index is 1000. The van der Waals surface area contributed by atoms with Crippen molar-refractivity contribution in [3.05, 3.63) is 61.6 Å². The van der Waals surface area contributed by atoms with Crippen LogP contribution in [0.3, 0.4) is 0 Å². The summed E-state index contributed by atoms with van der Waals surface area (Å²) in [6, 6.07) is 8.67. The van der Waals surface area contributed by atoms with Gasteiger partial charge in [0.15, 0.2) is 0 Å². The number of ether oxygens (including phenoxy) is 1. The molecule has 1 fully saturated rings. The Hall–Kier alpha value is -2.17. The summed E-state index contributed by atoms with van der Waals surface area (Å²) in [5.74, 6) is -0.948. The molecule has 10 heteroatoms. The van der Waals surface area contributed by atoms with Crippen LogP contribution in [0.1, 0.15) is 5.56 Å². The van der Waals surface area contributed by atoms with Gasteiger partial charge in [-0.2, -0.15) is 0 Å². The average Bonchev–Trinajstić information content (AvgIpc) is 2.91. The second-order valence-corrected chi connectivity index (χ2v) is 8.54. The highest BCUT2D eigenvalue weighted by Gasteiger charge is 2.36. The Balaban J connectivity index is 1.73. The van der Waals surface area contributed by atoms with E-state index >= 15 is 0 Å². The molecule has 3 amide bonds. The SMILES string of the molecule is COc1c(Br)cc(/C=C2\SC(=O)N(CC(=O)Nc3ccc(F)cc3)C2=O)cc1Br. The quantitative estimate of drug-likeness (QED) is 0.535. The third kappa shape index (κ3) is 5.06. The van der Waals surface area contributed by atoms with Crippen LogP contribution in [0.4, 0.5) is 14.9 Å². The zero-order valence-electron chi connectivity index (χ0n) is 14.9. The fraction of sp³-hybridized carbons (Fsp3) is 0.105. The van der Waals surface area contributed by atoms with Gasteiger partial charge in [0.05, 0.1) is 21.0 Å². The average molecular weight is 544 g/mol. The summed E-state index contributed by atoms with van der Waals surface area (Å²) < 4.78 is 19.5. The number of methoxy groups -OCH3 is 1. The number of hydrogen-bond donors (Lipinski definition) is 1. The van der Waals surface area contributed by atoms with Crippen LogP contribution in [0.5, 0.6) is 5.75 Å².